The Morgan fingerprint density at radius 2 is 2.11 bits per heavy atom. The zero-order valence-corrected chi connectivity index (χ0v) is 10.8. The Morgan fingerprint density at radius 3 is 2.79 bits per heavy atom. The highest BCUT2D eigenvalue weighted by atomic mass is 19.1. The standard InChI is InChI=1S/C13H15FN4O/c1-3-16-11(9-6-10(14)8-15-7-9)12-13(19-2)18-5-4-17-12/h4-8,11,16H,3H2,1-2H3. The summed E-state index contributed by atoms with van der Waals surface area (Å²) in [6.07, 6.45) is 5.90. The van der Waals surface area contributed by atoms with E-state index in [0.717, 1.165) is 0 Å². The molecule has 0 bridgehead atoms. The third kappa shape index (κ3) is 3.03. The molecule has 0 fully saturated rings. The molecule has 100 valence electrons. The Labute approximate surface area is 110 Å². The first-order chi connectivity index (χ1) is 9.26. The van der Waals surface area contributed by atoms with Gasteiger partial charge in [0.05, 0.1) is 19.3 Å². The first-order valence-electron chi connectivity index (χ1n) is 5.95. The molecule has 0 saturated heterocycles. The molecule has 6 heteroatoms. The lowest BCUT2D eigenvalue weighted by atomic mass is 10.1. The van der Waals surface area contributed by atoms with Crippen molar-refractivity contribution < 1.29 is 9.13 Å². The van der Waals surface area contributed by atoms with E-state index in [1.54, 1.807) is 18.6 Å². The predicted octanol–water partition coefficient (Wildman–Crippen LogP) is 1.72. The van der Waals surface area contributed by atoms with E-state index in [0.29, 0.717) is 23.7 Å². The van der Waals surface area contributed by atoms with Crippen molar-refractivity contribution in [2.75, 3.05) is 13.7 Å². The topological polar surface area (TPSA) is 59.9 Å². The van der Waals surface area contributed by atoms with E-state index >= 15 is 0 Å². The SMILES string of the molecule is CCNC(c1cncc(F)c1)c1nccnc1OC. The summed E-state index contributed by atoms with van der Waals surface area (Å²) in [5, 5.41) is 3.23. The lowest BCUT2D eigenvalue weighted by molar-refractivity contribution is 0.383. The number of nitrogens with one attached hydrogen (secondary N) is 1. The fraction of sp³-hybridized carbons (Fsp3) is 0.308. The fourth-order valence-corrected chi connectivity index (χ4v) is 1.85. The minimum Gasteiger partial charge on any atom is -0.480 e. The molecule has 1 unspecified atom stereocenters. The van der Waals surface area contributed by atoms with E-state index in [1.807, 2.05) is 6.92 Å². The minimum absolute atomic E-state index is 0.308. The molecule has 0 amide bonds. The highest BCUT2D eigenvalue weighted by molar-refractivity contribution is 5.31. The van der Waals surface area contributed by atoms with Crippen molar-refractivity contribution in [2.24, 2.45) is 0 Å². The number of hydrogen-bond acceptors (Lipinski definition) is 5. The second kappa shape index (κ2) is 6.19. The summed E-state index contributed by atoms with van der Waals surface area (Å²) in [5.41, 5.74) is 1.29. The summed E-state index contributed by atoms with van der Waals surface area (Å²) in [6.45, 7) is 2.66. The number of ether oxygens (including phenoxy) is 1. The lowest BCUT2D eigenvalue weighted by Crippen LogP contribution is -2.24. The molecule has 19 heavy (non-hydrogen) atoms. The Balaban J connectivity index is 2.45. The van der Waals surface area contributed by atoms with Gasteiger partial charge < -0.3 is 10.1 Å². The van der Waals surface area contributed by atoms with Crippen LogP contribution in [0.2, 0.25) is 0 Å². The second-order valence-electron chi connectivity index (χ2n) is 3.88. The van der Waals surface area contributed by atoms with E-state index in [9.17, 15) is 4.39 Å². The molecular weight excluding hydrogens is 247 g/mol. The van der Waals surface area contributed by atoms with Gasteiger partial charge in [-0.15, -0.1) is 0 Å². The second-order valence-corrected chi connectivity index (χ2v) is 3.88. The van der Waals surface area contributed by atoms with Gasteiger partial charge in [-0.25, -0.2) is 9.37 Å². The smallest absolute Gasteiger partial charge is 0.237 e. The van der Waals surface area contributed by atoms with Crippen LogP contribution in [0, 0.1) is 5.82 Å². The van der Waals surface area contributed by atoms with E-state index in [4.69, 9.17) is 4.74 Å². The van der Waals surface area contributed by atoms with Crippen molar-refractivity contribution in [2.45, 2.75) is 13.0 Å². The molecule has 0 aliphatic rings. The number of methoxy groups -OCH3 is 1. The molecule has 0 radical (unpaired) electrons. The summed E-state index contributed by atoms with van der Waals surface area (Å²) in [6, 6.07) is 1.12. The van der Waals surface area contributed by atoms with Crippen LogP contribution in [-0.2, 0) is 0 Å². The molecule has 0 saturated carbocycles. The normalized spacial score (nSPS) is 12.2. The molecule has 1 atom stereocenters. The Kier molecular flexibility index (Phi) is 4.35. The van der Waals surface area contributed by atoms with Gasteiger partial charge in [0.15, 0.2) is 0 Å². The summed E-state index contributed by atoms with van der Waals surface area (Å²) in [5.74, 6) is 0.0287. The fourth-order valence-electron chi connectivity index (χ4n) is 1.85. The van der Waals surface area contributed by atoms with E-state index in [1.165, 1.54) is 19.4 Å². The van der Waals surface area contributed by atoms with Gasteiger partial charge >= 0.3 is 0 Å². The molecular formula is C13H15FN4O. The first kappa shape index (κ1) is 13.4. The predicted molar refractivity (Wildman–Crippen MR) is 68.3 cm³/mol. The number of nitrogens with zero attached hydrogens (tertiary/aromatic N) is 3. The molecule has 2 aromatic rings. The maximum atomic E-state index is 13.3. The van der Waals surface area contributed by atoms with Gasteiger partial charge in [-0.2, -0.15) is 0 Å². The van der Waals surface area contributed by atoms with E-state index in [2.05, 4.69) is 20.3 Å². The number of hydrogen-bond donors (Lipinski definition) is 1. The van der Waals surface area contributed by atoms with Crippen LogP contribution < -0.4 is 10.1 Å². The molecule has 2 heterocycles. The summed E-state index contributed by atoms with van der Waals surface area (Å²) in [7, 11) is 1.53. The zero-order chi connectivity index (χ0) is 13.7. The van der Waals surface area contributed by atoms with Crippen LogP contribution in [0.3, 0.4) is 0 Å². The van der Waals surface area contributed by atoms with Crippen molar-refractivity contribution >= 4 is 0 Å². The molecule has 0 aliphatic carbocycles. The van der Waals surface area contributed by atoms with Gasteiger partial charge in [0.2, 0.25) is 5.88 Å². The van der Waals surface area contributed by atoms with Crippen LogP contribution in [0.1, 0.15) is 24.2 Å². The van der Waals surface area contributed by atoms with Crippen LogP contribution >= 0.6 is 0 Å². The largest absolute Gasteiger partial charge is 0.480 e. The Bertz CT molecular complexity index is 550. The molecule has 2 rings (SSSR count). The van der Waals surface area contributed by atoms with Gasteiger partial charge in [0, 0.05) is 18.6 Å². The summed E-state index contributed by atoms with van der Waals surface area (Å²) < 4.78 is 18.5. The molecule has 5 nitrogen and oxygen atoms in total. The van der Waals surface area contributed by atoms with Gasteiger partial charge in [0.1, 0.15) is 11.5 Å². The van der Waals surface area contributed by atoms with E-state index in [-0.39, 0.29) is 11.9 Å². The molecule has 1 N–H and O–H groups in total. The number of pyridine rings is 1. The first-order valence-corrected chi connectivity index (χ1v) is 5.95. The third-order valence-corrected chi connectivity index (χ3v) is 2.63. The van der Waals surface area contributed by atoms with Crippen LogP contribution in [0.25, 0.3) is 0 Å². The van der Waals surface area contributed by atoms with Crippen LogP contribution in [0.4, 0.5) is 4.39 Å². The molecule has 0 spiro atoms. The molecule has 0 aliphatic heterocycles. The number of halogens is 1. The number of rotatable bonds is 5. The highest BCUT2D eigenvalue weighted by Gasteiger charge is 2.20. The third-order valence-electron chi connectivity index (χ3n) is 2.63. The van der Waals surface area contributed by atoms with Crippen LogP contribution in [-0.4, -0.2) is 28.6 Å². The van der Waals surface area contributed by atoms with Crippen molar-refractivity contribution in [1.29, 1.82) is 0 Å². The van der Waals surface area contributed by atoms with E-state index < -0.39 is 0 Å². The van der Waals surface area contributed by atoms with Gasteiger partial charge in [-0.05, 0) is 18.2 Å². The molecule has 2 aromatic heterocycles. The minimum atomic E-state index is -0.386. The maximum Gasteiger partial charge on any atom is 0.237 e. The molecule has 0 aromatic carbocycles. The van der Waals surface area contributed by atoms with Gasteiger partial charge in [-0.3, -0.25) is 9.97 Å². The highest BCUT2D eigenvalue weighted by Crippen LogP contribution is 2.25. The summed E-state index contributed by atoms with van der Waals surface area (Å²) >= 11 is 0. The summed E-state index contributed by atoms with van der Waals surface area (Å²) in [4.78, 5) is 12.2. The van der Waals surface area contributed by atoms with Crippen LogP contribution in [0.5, 0.6) is 5.88 Å². The van der Waals surface area contributed by atoms with Crippen molar-refractivity contribution in [1.82, 2.24) is 20.3 Å². The maximum absolute atomic E-state index is 13.3. The lowest BCUT2D eigenvalue weighted by Gasteiger charge is -2.18. The Hall–Kier alpha value is -2.08. The van der Waals surface area contributed by atoms with Gasteiger partial charge in [-0.1, -0.05) is 6.92 Å². The van der Waals surface area contributed by atoms with Crippen LogP contribution in [0.15, 0.2) is 30.9 Å². The van der Waals surface area contributed by atoms with Gasteiger partial charge in [0.25, 0.3) is 0 Å². The average Bonchev–Trinajstić information content (AvgIpc) is 2.45. The monoisotopic (exact) mass is 262 g/mol. The quantitative estimate of drug-likeness (QED) is 0.889. The number of aromatic nitrogens is 3. The Morgan fingerprint density at radius 1 is 1.32 bits per heavy atom. The van der Waals surface area contributed by atoms with Crippen molar-refractivity contribution in [3.05, 3.63) is 47.9 Å². The average molecular weight is 262 g/mol. The van der Waals surface area contributed by atoms with Crippen molar-refractivity contribution in [3.8, 4) is 5.88 Å². The van der Waals surface area contributed by atoms with Crippen molar-refractivity contribution in [3.63, 3.8) is 0 Å². The zero-order valence-electron chi connectivity index (χ0n) is 10.8.